The lowest BCUT2D eigenvalue weighted by atomic mass is 9.94. The summed E-state index contributed by atoms with van der Waals surface area (Å²) in [6, 6.07) is 4.03. The second kappa shape index (κ2) is 7.71. The Morgan fingerprint density at radius 2 is 2.18 bits per heavy atom. The number of fused-ring (bicyclic) bond motifs is 1. The predicted octanol–water partition coefficient (Wildman–Crippen LogP) is 2.94. The van der Waals surface area contributed by atoms with E-state index in [1.807, 2.05) is 7.05 Å². The number of amides is 1. The van der Waals surface area contributed by atoms with E-state index < -0.39 is 5.82 Å². The number of ether oxygens (including phenoxy) is 1. The highest BCUT2D eigenvalue weighted by atomic mass is 35.5. The van der Waals surface area contributed by atoms with Crippen molar-refractivity contribution in [2.24, 2.45) is 7.05 Å². The average Bonchev–Trinajstić information content (AvgIpc) is 3.06. The molecule has 1 saturated heterocycles. The van der Waals surface area contributed by atoms with E-state index in [9.17, 15) is 9.18 Å². The second-order valence-electron chi connectivity index (χ2n) is 6.78. The average molecular weight is 404 g/mol. The van der Waals surface area contributed by atoms with Gasteiger partial charge >= 0.3 is 0 Å². The highest BCUT2D eigenvalue weighted by Crippen LogP contribution is 2.30. The molecule has 1 aliphatic rings. The Labute approximate surface area is 166 Å². The molecule has 3 heterocycles. The predicted molar refractivity (Wildman–Crippen MR) is 102 cm³/mol. The van der Waals surface area contributed by atoms with E-state index in [1.165, 1.54) is 18.2 Å². The number of aryl methyl sites for hydroxylation is 1. The van der Waals surface area contributed by atoms with Crippen LogP contribution in [0.15, 0.2) is 30.6 Å². The maximum absolute atomic E-state index is 13.2. The summed E-state index contributed by atoms with van der Waals surface area (Å²) in [5.74, 6) is -0.195. The molecule has 1 atom stereocenters. The molecule has 0 radical (unpaired) electrons. The van der Waals surface area contributed by atoms with E-state index in [4.69, 9.17) is 16.3 Å². The van der Waals surface area contributed by atoms with E-state index in [0.717, 1.165) is 29.7 Å². The number of piperidine rings is 1. The number of likely N-dealkylation sites (tertiary alicyclic amines) is 1. The third kappa shape index (κ3) is 3.64. The van der Waals surface area contributed by atoms with E-state index in [-0.39, 0.29) is 23.5 Å². The van der Waals surface area contributed by atoms with Crippen molar-refractivity contribution in [1.82, 2.24) is 24.6 Å². The van der Waals surface area contributed by atoms with Crippen LogP contribution in [0.2, 0.25) is 5.02 Å². The molecule has 4 rings (SSSR count). The summed E-state index contributed by atoms with van der Waals surface area (Å²) in [4.78, 5) is 23.1. The molecule has 28 heavy (non-hydrogen) atoms. The van der Waals surface area contributed by atoms with E-state index in [1.54, 1.807) is 22.0 Å². The minimum absolute atomic E-state index is 0.0360. The number of halogens is 2. The Balaban J connectivity index is 1.44. The van der Waals surface area contributed by atoms with Crippen LogP contribution in [0.1, 0.15) is 24.5 Å². The summed E-state index contributed by atoms with van der Waals surface area (Å²) in [6.45, 7) is 1.09. The van der Waals surface area contributed by atoms with Gasteiger partial charge in [0.2, 0.25) is 0 Å². The third-order valence-corrected chi connectivity index (χ3v) is 5.19. The zero-order valence-electron chi connectivity index (χ0n) is 15.3. The van der Waals surface area contributed by atoms with Crippen molar-refractivity contribution in [3.8, 4) is 5.75 Å². The molecule has 0 bridgehead atoms. The van der Waals surface area contributed by atoms with Gasteiger partial charge in [-0.15, -0.1) is 0 Å². The molecule has 2 aromatic heterocycles. The molecule has 0 N–H and O–H groups in total. The molecule has 3 aromatic rings. The fraction of sp³-hybridized carbons (Fsp3) is 0.368. The van der Waals surface area contributed by atoms with Gasteiger partial charge in [-0.2, -0.15) is 5.10 Å². The molecule has 0 aliphatic carbocycles. The molecule has 9 heteroatoms. The lowest BCUT2D eigenvalue weighted by Crippen LogP contribution is -2.41. The van der Waals surface area contributed by atoms with Crippen LogP contribution >= 0.6 is 11.6 Å². The van der Waals surface area contributed by atoms with Gasteiger partial charge in [0.1, 0.15) is 17.1 Å². The van der Waals surface area contributed by atoms with Crippen LogP contribution in [-0.2, 0) is 11.8 Å². The number of hydrogen-bond donors (Lipinski definition) is 0. The van der Waals surface area contributed by atoms with Gasteiger partial charge in [-0.25, -0.2) is 19.0 Å². The van der Waals surface area contributed by atoms with Gasteiger partial charge in [0.15, 0.2) is 12.3 Å². The van der Waals surface area contributed by atoms with Crippen molar-refractivity contribution in [2.45, 2.75) is 18.8 Å². The Morgan fingerprint density at radius 1 is 1.36 bits per heavy atom. The lowest BCUT2D eigenvalue weighted by Gasteiger charge is -2.32. The first kappa shape index (κ1) is 18.6. The molecule has 146 valence electrons. The fourth-order valence-corrected chi connectivity index (χ4v) is 3.68. The monoisotopic (exact) mass is 403 g/mol. The molecular weight excluding hydrogens is 385 g/mol. The zero-order valence-corrected chi connectivity index (χ0v) is 16.1. The quantitative estimate of drug-likeness (QED) is 0.669. The molecule has 1 amide bonds. The second-order valence-corrected chi connectivity index (χ2v) is 7.19. The van der Waals surface area contributed by atoms with Crippen molar-refractivity contribution in [2.75, 3.05) is 19.7 Å². The summed E-state index contributed by atoms with van der Waals surface area (Å²) >= 11 is 5.74. The molecule has 1 aliphatic heterocycles. The molecule has 0 spiro atoms. The van der Waals surface area contributed by atoms with Crippen LogP contribution in [0.5, 0.6) is 5.75 Å². The highest BCUT2D eigenvalue weighted by molar-refractivity contribution is 6.30. The van der Waals surface area contributed by atoms with Crippen molar-refractivity contribution >= 4 is 28.7 Å². The van der Waals surface area contributed by atoms with Crippen LogP contribution in [0, 0.1) is 5.82 Å². The lowest BCUT2D eigenvalue weighted by molar-refractivity contribution is -0.134. The van der Waals surface area contributed by atoms with Crippen LogP contribution in [-0.4, -0.2) is 50.3 Å². The van der Waals surface area contributed by atoms with Gasteiger partial charge in [0, 0.05) is 44.5 Å². The molecular formula is C19H19ClFN5O2. The Kier molecular flexibility index (Phi) is 5.13. The standard InChI is InChI=1S/C19H19ClFN5O2/c1-25-19-18(22-6-7-23-19)17(24-25)12-3-2-8-26(10-12)16(27)11-28-13-4-5-15(21)14(20)9-13/h4-7,9,12H,2-3,8,10-11H2,1H3. The summed E-state index contributed by atoms with van der Waals surface area (Å²) in [5, 5.41) is 4.56. The largest absolute Gasteiger partial charge is 0.484 e. The molecule has 7 nitrogen and oxygen atoms in total. The van der Waals surface area contributed by atoms with E-state index >= 15 is 0 Å². The van der Waals surface area contributed by atoms with Crippen LogP contribution < -0.4 is 4.74 Å². The Hall–Kier alpha value is -2.74. The van der Waals surface area contributed by atoms with Gasteiger partial charge in [0.25, 0.3) is 5.91 Å². The summed E-state index contributed by atoms with van der Waals surface area (Å²) in [5.41, 5.74) is 2.38. The third-order valence-electron chi connectivity index (χ3n) is 4.90. The highest BCUT2D eigenvalue weighted by Gasteiger charge is 2.29. The smallest absolute Gasteiger partial charge is 0.260 e. The fourth-order valence-electron chi connectivity index (χ4n) is 3.51. The number of carbonyl (C=O) groups is 1. The molecule has 1 aromatic carbocycles. The first-order valence-electron chi connectivity index (χ1n) is 9.02. The van der Waals surface area contributed by atoms with Crippen molar-refractivity contribution in [3.63, 3.8) is 0 Å². The first-order chi connectivity index (χ1) is 13.5. The van der Waals surface area contributed by atoms with E-state index in [0.29, 0.717) is 18.8 Å². The van der Waals surface area contributed by atoms with Gasteiger partial charge in [-0.3, -0.25) is 4.79 Å². The van der Waals surface area contributed by atoms with E-state index in [2.05, 4.69) is 15.1 Å². The van der Waals surface area contributed by atoms with Crippen molar-refractivity contribution in [1.29, 1.82) is 0 Å². The van der Waals surface area contributed by atoms with Crippen molar-refractivity contribution in [3.05, 3.63) is 47.1 Å². The normalized spacial score (nSPS) is 17.1. The topological polar surface area (TPSA) is 73.1 Å². The minimum atomic E-state index is -0.523. The summed E-state index contributed by atoms with van der Waals surface area (Å²) < 4.78 is 20.4. The van der Waals surface area contributed by atoms with Crippen LogP contribution in [0.4, 0.5) is 4.39 Å². The number of hydrogen-bond acceptors (Lipinski definition) is 5. The minimum Gasteiger partial charge on any atom is -0.484 e. The van der Waals surface area contributed by atoms with Gasteiger partial charge in [-0.05, 0) is 25.0 Å². The maximum Gasteiger partial charge on any atom is 0.260 e. The molecule has 1 fully saturated rings. The SMILES string of the molecule is Cn1nc(C2CCCN(C(=O)COc3ccc(F)c(Cl)c3)C2)c2nccnc21. The Morgan fingerprint density at radius 3 is 3.00 bits per heavy atom. The first-order valence-corrected chi connectivity index (χ1v) is 9.40. The number of benzene rings is 1. The van der Waals surface area contributed by atoms with Crippen LogP contribution in [0.3, 0.4) is 0 Å². The van der Waals surface area contributed by atoms with Crippen LogP contribution in [0.25, 0.3) is 11.2 Å². The number of carbonyl (C=O) groups excluding carboxylic acids is 1. The number of nitrogens with zero attached hydrogens (tertiary/aromatic N) is 5. The summed E-state index contributed by atoms with van der Waals surface area (Å²) in [6.07, 6.45) is 5.10. The molecule has 1 unspecified atom stereocenters. The number of rotatable bonds is 4. The molecule has 0 saturated carbocycles. The Bertz CT molecular complexity index is 1020. The van der Waals surface area contributed by atoms with Gasteiger partial charge in [0.05, 0.1) is 10.7 Å². The summed E-state index contributed by atoms with van der Waals surface area (Å²) in [7, 11) is 1.84. The maximum atomic E-state index is 13.2. The van der Waals surface area contributed by atoms with Crippen molar-refractivity contribution < 1.29 is 13.9 Å². The zero-order chi connectivity index (χ0) is 19.7. The number of aromatic nitrogens is 4. The van der Waals surface area contributed by atoms with Gasteiger partial charge < -0.3 is 9.64 Å². The van der Waals surface area contributed by atoms with Gasteiger partial charge in [-0.1, -0.05) is 11.6 Å².